The van der Waals surface area contributed by atoms with Gasteiger partial charge in [-0.05, 0) is 24.6 Å². The van der Waals surface area contributed by atoms with Crippen LogP contribution in [-0.2, 0) is 11.0 Å². The summed E-state index contributed by atoms with van der Waals surface area (Å²) in [6.45, 7) is 3.89. The number of carbonyl (C=O) groups is 1. The topological polar surface area (TPSA) is 56.7 Å². The number of carboxylic acids is 1. The minimum absolute atomic E-state index is 0.463. The van der Waals surface area contributed by atoms with Crippen molar-refractivity contribution in [3.63, 3.8) is 0 Å². The van der Waals surface area contributed by atoms with E-state index in [0.717, 1.165) is 17.8 Å². The minimum atomic E-state index is -4.41. The number of alkyl halides is 3. The molecule has 8 heteroatoms. The lowest BCUT2D eigenvalue weighted by molar-refractivity contribution is -0.143. The zero-order valence-corrected chi connectivity index (χ0v) is 14.8. The highest BCUT2D eigenvalue weighted by atomic mass is 19.4. The number of benzene rings is 1. The van der Waals surface area contributed by atoms with Gasteiger partial charge in [0.25, 0.3) is 0 Å². The number of carboxylic acid groups (broad SMARTS) is 1. The zero-order valence-electron chi connectivity index (χ0n) is 14.8. The second-order valence-electron chi connectivity index (χ2n) is 6.58. The zero-order chi connectivity index (χ0) is 19.6. The molecule has 0 amide bonds. The van der Waals surface area contributed by atoms with Crippen molar-refractivity contribution in [3.05, 3.63) is 59.3 Å². The number of rotatable bonds is 4. The predicted molar refractivity (Wildman–Crippen MR) is 94.6 cm³/mol. The first-order chi connectivity index (χ1) is 12.8. The summed E-state index contributed by atoms with van der Waals surface area (Å²) in [5.41, 5.74) is 0.991. The third kappa shape index (κ3) is 4.39. The molecule has 1 aromatic heterocycles. The number of pyridine rings is 1. The van der Waals surface area contributed by atoms with Crippen molar-refractivity contribution >= 4 is 11.8 Å². The molecule has 1 saturated heterocycles. The number of aliphatic carboxylic acids is 1. The molecule has 3 rings (SSSR count). The van der Waals surface area contributed by atoms with Gasteiger partial charge in [-0.3, -0.25) is 9.69 Å². The van der Waals surface area contributed by atoms with Crippen LogP contribution in [0.5, 0.6) is 0 Å². The van der Waals surface area contributed by atoms with E-state index in [0.29, 0.717) is 37.6 Å². The van der Waals surface area contributed by atoms with Crippen molar-refractivity contribution in [3.8, 4) is 0 Å². The number of aryl methyl sites for hydroxylation is 1. The van der Waals surface area contributed by atoms with E-state index in [1.165, 1.54) is 6.07 Å². The monoisotopic (exact) mass is 379 g/mol. The van der Waals surface area contributed by atoms with Crippen LogP contribution in [0.2, 0.25) is 0 Å². The summed E-state index contributed by atoms with van der Waals surface area (Å²) < 4.78 is 37.9. The van der Waals surface area contributed by atoms with Gasteiger partial charge in [0.2, 0.25) is 0 Å². The van der Waals surface area contributed by atoms with Crippen molar-refractivity contribution in [2.75, 3.05) is 31.1 Å². The Bertz CT molecular complexity index is 783. The Kier molecular flexibility index (Phi) is 5.36. The summed E-state index contributed by atoms with van der Waals surface area (Å²) in [4.78, 5) is 19.4. The van der Waals surface area contributed by atoms with Crippen LogP contribution in [0.25, 0.3) is 0 Å². The minimum Gasteiger partial charge on any atom is -0.480 e. The number of aromatic nitrogens is 1. The first kappa shape index (κ1) is 19.2. The second kappa shape index (κ2) is 7.56. The molecule has 1 atom stereocenters. The van der Waals surface area contributed by atoms with Crippen LogP contribution >= 0.6 is 0 Å². The molecule has 1 fully saturated rings. The largest absolute Gasteiger partial charge is 0.480 e. The van der Waals surface area contributed by atoms with Gasteiger partial charge < -0.3 is 10.0 Å². The third-order valence-electron chi connectivity index (χ3n) is 4.71. The average Bonchev–Trinajstić information content (AvgIpc) is 2.63. The molecule has 1 aromatic carbocycles. The van der Waals surface area contributed by atoms with E-state index >= 15 is 0 Å². The van der Waals surface area contributed by atoms with Crippen molar-refractivity contribution in [1.29, 1.82) is 0 Å². The molecule has 0 aliphatic carbocycles. The molecule has 1 N–H and O–H groups in total. The molecule has 0 bridgehead atoms. The Hall–Kier alpha value is -2.61. The molecular weight excluding hydrogens is 359 g/mol. The lowest BCUT2D eigenvalue weighted by atomic mass is 10.0. The Labute approximate surface area is 155 Å². The summed E-state index contributed by atoms with van der Waals surface area (Å²) in [5, 5.41) is 9.66. The average molecular weight is 379 g/mol. The van der Waals surface area contributed by atoms with Crippen molar-refractivity contribution in [2.45, 2.75) is 19.1 Å². The highest BCUT2D eigenvalue weighted by Crippen LogP contribution is 2.30. The van der Waals surface area contributed by atoms with E-state index in [1.54, 1.807) is 0 Å². The molecule has 1 aliphatic heterocycles. The fourth-order valence-electron chi connectivity index (χ4n) is 3.21. The smallest absolute Gasteiger partial charge is 0.417 e. The first-order valence-electron chi connectivity index (χ1n) is 8.57. The molecule has 27 heavy (non-hydrogen) atoms. The lowest BCUT2D eigenvalue weighted by Crippen LogP contribution is -2.49. The van der Waals surface area contributed by atoms with E-state index in [-0.39, 0.29) is 0 Å². The Morgan fingerprint density at radius 3 is 2.19 bits per heavy atom. The van der Waals surface area contributed by atoms with E-state index in [2.05, 4.69) is 4.98 Å². The summed E-state index contributed by atoms with van der Waals surface area (Å²) in [6.07, 6.45) is -3.58. The van der Waals surface area contributed by atoms with Gasteiger partial charge in [-0.1, -0.05) is 29.8 Å². The van der Waals surface area contributed by atoms with Crippen molar-refractivity contribution < 1.29 is 23.1 Å². The molecule has 2 aromatic rings. The predicted octanol–water partition coefficient (Wildman–Crippen LogP) is 3.36. The molecule has 2 heterocycles. The van der Waals surface area contributed by atoms with Crippen LogP contribution in [0.1, 0.15) is 22.7 Å². The standard InChI is InChI=1S/C19H20F3N3O2/c1-13-2-4-14(5-3-13)17(18(26)27)25-10-8-24(9-11-25)16-7-6-15(12-23-16)19(20,21)22/h2-7,12,17H,8-11H2,1H3,(H,26,27)/t17-/m1/s1. The molecule has 0 unspecified atom stereocenters. The highest BCUT2D eigenvalue weighted by molar-refractivity contribution is 5.75. The first-order valence-corrected chi connectivity index (χ1v) is 8.57. The molecule has 0 saturated carbocycles. The SMILES string of the molecule is Cc1ccc([C@H](C(=O)O)N2CCN(c3ccc(C(F)(F)F)cn3)CC2)cc1. The number of hydrogen-bond acceptors (Lipinski definition) is 4. The van der Waals surface area contributed by atoms with Crippen molar-refractivity contribution in [2.24, 2.45) is 0 Å². The van der Waals surface area contributed by atoms with Crippen LogP contribution in [0.3, 0.4) is 0 Å². The highest BCUT2D eigenvalue weighted by Gasteiger charge is 2.32. The molecule has 1 aliphatic rings. The van der Waals surface area contributed by atoms with Crippen LogP contribution < -0.4 is 4.90 Å². The number of piperazine rings is 1. The Balaban J connectivity index is 1.68. The molecule has 0 radical (unpaired) electrons. The Morgan fingerprint density at radius 1 is 1.07 bits per heavy atom. The summed E-state index contributed by atoms with van der Waals surface area (Å²) in [5.74, 6) is -0.454. The van der Waals surface area contributed by atoms with Gasteiger partial charge in [-0.25, -0.2) is 4.98 Å². The maximum atomic E-state index is 12.6. The second-order valence-corrected chi connectivity index (χ2v) is 6.58. The van der Waals surface area contributed by atoms with Gasteiger partial charge in [-0.15, -0.1) is 0 Å². The fraction of sp³-hybridized carbons (Fsp3) is 0.368. The van der Waals surface area contributed by atoms with Gasteiger partial charge in [0.1, 0.15) is 11.9 Å². The summed E-state index contributed by atoms with van der Waals surface area (Å²) >= 11 is 0. The maximum Gasteiger partial charge on any atom is 0.417 e. The van der Waals surface area contributed by atoms with Gasteiger partial charge in [0.05, 0.1) is 5.56 Å². The van der Waals surface area contributed by atoms with Crippen LogP contribution in [0.4, 0.5) is 19.0 Å². The number of halogens is 3. The van der Waals surface area contributed by atoms with E-state index in [1.807, 2.05) is 41.0 Å². The van der Waals surface area contributed by atoms with Gasteiger partial charge in [-0.2, -0.15) is 13.2 Å². The normalized spacial score (nSPS) is 17.0. The van der Waals surface area contributed by atoms with E-state index in [9.17, 15) is 23.1 Å². The van der Waals surface area contributed by atoms with Gasteiger partial charge >= 0.3 is 12.1 Å². The van der Waals surface area contributed by atoms with Gasteiger partial charge in [0.15, 0.2) is 0 Å². The van der Waals surface area contributed by atoms with Crippen LogP contribution in [0.15, 0.2) is 42.6 Å². The van der Waals surface area contributed by atoms with Crippen LogP contribution in [-0.4, -0.2) is 47.1 Å². The summed E-state index contributed by atoms with van der Waals surface area (Å²) in [6, 6.07) is 9.03. The van der Waals surface area contributed by atoms with Gasteiger partial charge in [0, 0.05) is 32.4 Å². The van der Waals surface area contributed by atoms with E-state index < -0.39 is 23.8 Å². The number of nitrogens with zero attached hydrogens (tertiary/aromatic N) is 3. The Morgan fingerprint density at radius 2 is 1.70 bits per heavy atom. The van der Waals surface area contributed by atoms with E-state index in [4.69, 9.17) is 0 Å². The molecule has 144 valence electrons. The number of anilines is 1. The third-order valence-corrected chi connectivity index (χ3v) is 4.71. The quantitative estimate of drug-likeness (QED) is 0.883. The van der Waals surface area contributed by atoms with Crippen LogP contribution in [0, 0.1) is 6.92 Å². The molecular formula is C19H20F3N3O2. The number of hydrogen-bond donors (Lipinski definition) is 1. The maximum absolute atomic E-state index is 12.6. The molecule has 0 spiro atoms. The fourth-order valence-corrected chi connectivity index (χ4v) is 3.21. The summed E-state index contributed by atoms with van der Waals surface area (Å²) in [7, 11) is 0. The van der Waals surface area contributed by atoms with Crippen molar-refractivity contribution in [1.82, 2.24) is 9.88 Å². The lowest BCUT2D eigenvalue weighted by Gasteiger charge is -2.38. The molecule has 5 nitrogen and oxygen atoms in total.